The van der Waals surface area contributed by atoms with Crippen LogP contribution in [0.3, 0.4) is 0 Å². The van der Waals surface area contributed by atoms with Gasteiger partial charge >= 0.3 is 12.2 Å². The molecule has 0 fully saturated rings. The van der Waals surface area contributed by atoms with Crippen LogP contribution >= 0.6 is 0 Å². The monoisotopic (exact) mass is 1520 g/mol. The van der Waals surface area contributed by atoms with Crippen molar-refractivity contribution in [3.8, 4) is 66.8 Å². The minimum Gasteiger partial charge on any atom is -0.444 e. The largest absolute Gasteiger partial charge is 0.444 e. The van der Waals surface area contributed by atoms with E-state index in [-0.39, 0.29) is 0 Å². The van der Waals surface area contributed by atoms with E-state index in [2.05, 4.69) is 220 Å². The maximum atomic E-state index is 12.7. The third kappa shape index (κ3) is 23.1. The summed E-state index contributed by atoms with van der Waals surface area (Å²) in [7, 11) is 0. The lowest BCUT2D eigenvalue weighted by atomic mass is 9.81. The van der Waals surface area contributed by atoms with Gasteiger partial charge in [-0.1, -0.05) is 302 Å². The Morgan fingerprint density at radius 3 is 0.798 bits per heavy atom. The van der Waals surface area contributed by atoms with Crippen LogP contribution < -0.4 is 22.1 Å². The number of nitrogen functional groups attached to an aromatic ring is 2. The number of benzene rings is 12. The van der Waals surface area contributed by atoms with E-state index in [9.17, 15) is 9.59 Å². The Morgan fingerprint density at radius 2 is 0.500 bits per heavy atom. The first-order chi connectivity index (χ1) is 55.3. The molecular weight excluding hydrogens is 1390 g/mol. The van der Waals surface area contributed by atoms with Gasteiger partial charge in [0.15, 0.2) is 0 Å². The molecular formula is C106H128N4O4. The number of ether oxygens (including phenoxy) is 2. The summed E-state index contributed by atoms with van der Waals surface area (Å²) >= 11 is 0. The molecule has 0 aromatic heterocycles. The Morgan fingerprint density at radius 1 is 0.272 bits per heavy atom. The summed E-state index contributed by atoms with van der Waals surface area (Å²) in [6, 6.07) is 79.4. The van der Waals surface area contributed by atoms with Crippen molar-refractivity contribution in [3.05, 3.63) is 241 Å². The van der Waals surface area contributed by atoms with Crippen molar-refractivity contribution in [2.24, 2.45) is 0 Å². The second-order valence-corrected chi connectivity index (χ2v) is 33.7. The van der Waals surface area contributed by atoms with Crippen LogP contribution in [0.5, 0.6) is 0 Å². The number of anilines is 4. The zero-order chi connectivity index (χ0) is 80.4. The number of rotatable bonds is 36. The molecule has 0 atom stereocenters. The molecule has 0 saturated carbocycles. The number of fused-ring (bicyclic) bond motifs is 4. The van der Waals surface area contributed by atoms with Crippen molar-refractivity contribution >= 4 is 78.0 Å². The first kappa shape index (κ1) is 84.7. The van der Waals surface area contributed by atoms with E-state index in [0.717, 1.165) is 61.0 Å². The molecule has 0 spiro atoms. The fourth-order valence-corrected chi connectivity index (χ4v) is 16.7. The maximum absolute atomic E-state index is 12.7. The number of amides is 2. The van der Waals surface area contributed by atoms with E-state index in [0.29, 0.717) is 11.4 Å². The van der Waals surface area contributed by atoms with Crippen molar-refractivity contribution in [2.45, 2.75) is 260 Å². The van der Waals surface area contributed by atoms with Crippen LogP contribution in [0.1, 0.15) is 246 Å². The number of carbonyl (C=O) groups is 2. The molecule has 114 heavy (non-hydrogen) atoms. The van der Waals surface area contributed by atoms with Gasteiger partial charge in [0.25, 0.3) is 0 Å². The highest BCUT2D eigenvalue weighted by molar-refractivity contribution is 6.16. The lowest BCUT2D eigenvalue weighted by molar-refractivity contribution is 0.0624. The number of nitrogens with two attached hydrogens (primary N) is 2. The average molecular weight is 1520 g/mol. The molecule has 0 radical (unpaired) electrons. The molecule has 6 N–H and O–H groups in total. The molecule has 0 heterocycles. The fraction of sp³-hybridized carbons (Fsp3) is 0.377. The Labute approximate surface area is 682 Å². The van der Waals surface area contributed by atoms with Gasteiger partial charge in [0.2, 0.25) is 0 Å². The molecule has 12 aromatic rings. The van der Waals surface area contributed by atoms with Crippen molar-refractivity contribution in [1.29, 1.82) is 0 Å². The first-order valence-corrected chi connectivity index (χ1v) is 43.4. The molecule has 0 bridgehead atoms. The summed E-state index contributed by atoms with van der Waals surface area (Å²) in [5, 5.41) is 16.0. The highest BCUT2D eigenvalue weighted by Crippen LogP contribution is 2.49. The number of hydrogen-bond donors (Lipinski definition) is 4. The smallest absolute Gasteiger partial charge is 0.412 e. The van der Waals surface area contributed by atoms with Crippen molar-refractivity contribution in [2.75, 3.05) is 22.1 Å². The minimum absolute atomic E-state index is 0.457. The lowest BCUT2D eigenvalue weighted by Crippen LogP contribution is -2.27. The zero-order valence-corrected chi connectivity index (χ0v) is 70.4. The molecule has 596 valence electrons. The molecule has 0 aliphatic carbocycles. The van der Waals surface area contributed by atoms with Crippen LogP contribution in [0.25, 0.3) is 110 Å². The van der Waals surface area contributed by atoms with Crippen LogP contribution in [-0.4, -0.2) is 23.4 Å². The van der Waals surface area contributed by atoms with Crippen LogP contribution in [0.2, 0.25) is 0 Å². The van der Waals surface area contributed by atoms with Crippen LogP contribution in [-0.2, 0) is 35.2 Å². The van der Waals surface area contributed by atoms with E-state index in [1.165, 1.54) is 262 Å². The number of carbonyl (C=O) groups excluding carboxylic acids is 2. The van der Waals surface area contributed by atoms with Gasteiger partial charge in [0.05, 0.1) is 0 Å². The van der Waals surface area contributed by atoms with Gasteiger partial charge in [-0.3, -0.25) is 10.6 Å². The van der Waals surface area contributed by atoms with Crippen LogP contribution in [0, 0.1) is 0 Å². The molecule has 0 aliphatic rings. The molecule has 8 heteroatoms. The second kappa shape index (κ2) is 41.7. The highest BCUT2D eigenvalue weighted by atomic mass is 16.6. The van der Waals surface area contributed by atoms with E-state index in [1.807, 2.05) is 77.9 Å². The fourth-order valence-electron chi connectivity index (χ4n) is 16.7. The maximum Gasteiger partial charge on any atom is 0.412 e. The molecule has 8 nitrogen and oxygen atoms in total. The standard InChI is InChI=1S/C58H72N2O4.C48H56N2/c1-9-11-13-15-17-19-25-43-40-52(48-28-22-23-29-49(48)53(43)42-33-37-46(38-34-42)60-56(62)64-58(6,7)8)54-44(26-20-18-16-14-12-10-2)39-51(47-27-21-24-30-50(47)54)41-31-35-45(36-32-41)59-55(61)63-57(3,4)5;1-3-5-7-9-11-13-19-37-34-46(42-22-16-17-23-43(42)47(37)36-27-31-40(50)32-28-36)48-38(20-14-12-10-8-6-4-2)33-45(35-25-29-39(49)30-26-35)41-21-15-18-24-44(41)48/h21-24,27-40H,9-20,25-26H2,1-8H3,(H,59,61)(H,60,62);15-18,21-34H,3-14,19-20,49-50H2,1-2H3. The van der Waals surface area contributed by atoms with Gasteiger partial charge in [-0.25, -0.2) is 9.59 Å². The summed E-state index contributed by atoms with van der Waals surface area (Å²) in [5.74, 6) is 0. The molecule has 0 unspecified atom stereocenters. The molecule has 0 saturated heterocycles. The van der Waals surface area contributed by atoms with Gasteiger partial charge < -0.3 is 20.9 Å². The van der Waals surface area contributed by atoms with Crippen molar-refractivity contribution in [1.82, 2.24) is 0 Å². The van der Waals surface area contributed by atoms with Gasteiger partial charge in [0.1, 0.15) is 11.2 Å². The van der Waals surface area contributed by atoms with Crippen LogP contribution in [0.15, 0.2) is 218 Å². The average Bonchev–Trinajstić information content (AvgIpc) is 0.739. The molecule has 0 aliphatic heterocycles. The lowest BCUT2D eigenvalue weighted by Gasteiger charge is -2.23. The Bertz CT molecular complexity index is 5100. The summed E-state index contributed by atoms with van der Waals surface area (Å²) < 4.78 is 11.1. The minimum atomic E-state index is -0.579. The predicted molar refractivity (Wildman–Crippen MR) is 492 cm³/mol. The van der Waals surface area contributed by atoms with Gasteiger partial charge in [-0.15, -0.1) is 0 Å². The Balaban J connectivity index is 0.000000231. The normalized spacial score (nSPS) is 11.7. The van der Waals surface area contributed by atoms with E-state index in [1.54, 1.807) is 0 Å². The Kier molecular flexibility index (Phi) is 31.0. The first-order valence-electron chi connectivity index (χ1n) is 43.4. The van der Waals surface area contributed by atoms with Gasteiger partial charge in [-0.05, 0) is 298 Å². The van der Waals surface area contributed by atoms with Gasteiger partial charge in [-0.2, -0.15) is 0 Å². The summed E-state index contributed by atoms with van der Waals surface area (Å²) in [6.45, 7) is 20.4. The van der Waals surface area contributed by atoms with Crippen molar-refractivity contribution in [3.63, 3.8) is 0 Å². The second-order valence-electron chi connectivity index (χ2n) is 33.7. The Hall–Kier alpha value is -10.2. The van der Waals surface area contributed by atoms with E-state index < -0.39 is 23.4 Å². The van der Waals surface area contributed by atoms with Gasteiger partial charge in [0, 0.05) is 22.7 Å². The number of nitrogens with one attached hydrogen (secondary N) is 2. The molecule has 12 aromatic carbocycles. The quantitative estimate of drug-likeness (QED) is 0.0229. The third-order valence-corrected chi connectivity index (χ3v) is 22.3. The predicted octanol–water partition coefficient (Wildman–Crippen LogP) is 31.5. The van der Waals surface area contributed by atoms with E-state index >= 15 is 0 Å². The number of hydrogen-bond acceptors (Lipinski definition) is 6. The summed E-state index contributed by atoms with van der Waals surface area (Å²) in [6.07, 6.45) is 33.4. The number of aryl methyl sites for hydroxylation is 4. The topological polar surface area (TPSA) is 129 Å². The van der Waals surface area contributed by atoms with Crippen molar-refractivity contribution < 1.29 is 19.1 Å². The molecule has 2 amide bonds. The third-order valence-electron chi connectivity index (χ3n) is 22.3. The molecule has 12 rings (SSSR count). The summed E-state index contributed by atoms with van der Waals surface area (Å²) in [4.78, 5) is 25.3. The SMILES string of the molecule is CCCCCCCCc1cc(-c2c(CCCCCCCC)cc(-c3ccc(N)cc3)c3ccccc23)c2ccccc2c1-c1ccc(N)cc1.CCCCCCCCc1cc(-c2c(CCCCCCCC)cc(-c3ccc(NC(=O)OC(C)(C)C)cc3)c3ccccc23)c2ccccc2c1-c1ccc(NC(=O)OC(C)(C)C)cc1. The van der Waals surface area contributed by atoms with E-state index in [4.69, 9.17) is 20.9 Å². The van der Waals surface area contributed by atoms with Crippen LogP contribution in [0.4, 0.5) is 32.3 Å². The number of unbranched alkanes of at least 4 members (excludes halogenated alkanes) is 20. The summed E-state index contributed by atoms with van der Waals surface area (Å²) in [5.41, 5.74) is 35.0. The zero-order valence-electron chi connectivity index (χ0n) is 70.4. The highest BCUT2D eigenvalue weighted by Gasteiger charge is 2.25.